The molecule has 1 aromatic heterocycles. The molecule has 1 aliphatic heterocycles. The quantitative estimate of drug-likeness (QED) is 0.813. The Kier molecular flexibility index (Phi) is 5.37. The number of aryl methyl sites for hydroxylation is 1. The van der Waals surface area contributed by atoms with Gasteiger partial charge >= 0.3 is 0 Å². The molecule has 2 heterocycles. The van der Waals surface area contributed by atoms with Crippen molar-refractivity contribution in [1.82, 2.24) is 20.4 Å². The van der Waals surface area contributed by atoms with E-state index >= 15 is 0 Å². The number of hydrogen-bond donors (Lipinski definition) is 2. The summed E-state index contributed by atoms with van der Waals surface area (Å²) in [5, 5.41) is 11.6. The van der Waals surface area contributed by atoms with Gasteiger partial charge in [-0.3, -0.25) is 4.68 Å². The van der Waals surface area contributed by atoms with E-state index in [-0.39, 0.29) is 6.04 Å². The second kappa shape index (κ2) is 7.04. The fourth-order valence-corrected chi connectivity index (χ4v) is 2.80. The molecule has 1 aromatic rings. The van der Waals surface area contributed by atoms with Gasteiger partial charge < -0.3 is 15.4 Å². The molecule has 1 fully saturated rings. The molecule has 1 aliphatic rings. The van der Waals surface area contributed by atoms with E-state index in [1.807, 2.05) is 10.9 Å². The van der Waals surface area contributed by atoms with Crippen molar-refractivity contribution >= 4 is 17.3 Å². The average molecular weight is 296 g/mol. The third-order valence-electron chi connectivity index (χ3n) is 3.77. The van der Waals surface area contributed by atoms with E-state index in [1.54, 1.807) is 0 Å². The largest absolute Gasteiger partial charge is 0.376 e. The van der Waals surface area contributed by atoms with Crippen molar-refractivity contribution in [3.8, 4) is 0 Å². The first kappa shape index (κ1) is 15.3. The van der Waals surface area contributed by atoms with Crippen molar-refractivity contribution in [1.29, 1.82) is 0 Å². The van der Waals surface area contributed by atoms with Gasteiger partial charge in [-0.05, 0) is 45.8 Å². The van der Waals surface area contributed by atoms with Crippen LogP contribution in [0.2, 0.25) is 0 Å². The Morgan fingerprint density at radius 3 is 3.05 bits per heavy atom. The molecule has 0 spiro atoms. The number of rotatable bonds is 5. The van der Waals surface area contributed by atoms with E-state index in [0.29, 0.717) is 11.2 Å². The van der Waals surface area contributed by atoms with Gasteiger partial charge in [0.1, 0.15) is 0 Å². The number of nitrogens with zero attached hydrogens (tertiary/aromatic N) is 2. The van der Waals surface area contributed by atoms with Crippen LogP contribution in [-0.2, 0) is 11.3 Å². The Bertz CT molecular complexity index is 454. The summed E-state index contributed by atoms with van der Waals surface area (Å²) in [4.78, 5) is 0. The van der Waals surface area contributed by atoms with Crippen LogP contribution in [0.15, 0.2) is 6.20 Å². The van der Waals surface area contributed by atoms with Gasteiger partial charge in [0.05, 0.1) is 18.3 Å². The highest BCUT2D eigenvalue weighted by Gasteiger charge is 2.17. The highest BCUT2D eigenvalue weighted by atomic mass is 32.1. The van der Waals surface area contributed by atoms with Crippen molar-refractivity contribution < 1.29 is 4.74 Å². The maximum Gasteiger partial charge on any atom is 0.166 e. The maximum absolute atomic E-state index is 5.57. The van der Waals surface area contributed by atoms with Crippen molar-refractivity contribution in [3.05, 3.63) is 17.5 Å². The smallest absolute Gasteiger partial charge is 0.166 e. The van der Waals surface area contributed by atoms with Gasteiger partial charge in [-0.1, -0.05) is 0 Å². The third kappa shape index (κ3) is 3.70. The Labute approximate surface area is 126 Å². The lowest BCUT2D eigenvalue weighted by molar-refractivity contribution is 0.114. The molecule has 0 aromatic carbocycles. The monoisotopic (exact) mass is 296 g/mol. The molecule has 2 rings (SSSR count). The van der Waals surface area contributed by atoms with E-state index in [1.165, 1.54) is 11.3 Å². The summed E-state index contributed by atoms with van der Waals surface area (Å²) in [6, 6.07) is 0.153. The molecule has 0 radical (unpaired) electrons. The van der Waals surface area contributed by atoms with E-state index < -0.39 is 0 Å². The van der Waals surface area contributed by atoms with Gasteiger partial charge in [0, 0.05) is 31.0 Å². The fourth-order valence-electron chi connectivity index (χ4n) is 2.54. The summed E-state index contributed by atoms with van der Waals surface area (Å²) in [5.41, 5.74) is 2.38. The summed E-state index contributed by atoms with van der Waals surface area (Å²) in [5.74, 6) is 0. The van der Waals surface area contributed by atoms with Crippen LogP contribution in [0.3, 0.4) is 0 Å². The first-order chi connectivity index (χ1) is 9.61. The molecule has 1 saturated heterocycles. The number of thiocarbonyl (C=S) groups is 1. The van der Waals surface area contributed by atoms with Crippen LogP contribution in [0, 0.1) is 6.92 Å². The van der Waals surface area contributed by atoms with Gasteiger partial charge in [0.2, 0.25) is 0 Å². The summed E-state index contributed by atoms with van der Waals surface area (Å²) in [6.07, 6.45) is 4.49. The molecule has 2 N–H and O–H groups in total. The fraction of sp³-hybridized carbons (Fsp3) is 0.714. The van der Waals surface area contributed by atoms with Gasteiger partial charge in [-0.2, -0.15) is 5.10 Å². The third-order valence-corrected chi connectivity index (χ3v) is 4.03. The van der Waals surface area contributed by atoms with E-state index in [9.17, 15) is 0 Å². The van der Waals surface area contributed by atoms with Crippen molar-refractivity contribution in [2.24, 2.45) is 0 Å². The molecule has 6 heteroatoms. The van der Waals surface area contributed by atoms with E-state index in [0.717, 1.165) is 32.5 Å². The van der Waals surface area contributed by atoms with Crippen LogP contribution in [0.4, 0.5) is 0 Å². The number of aromatic nitrogens is 2. The highest BCUT2D eigenvalue weighted by molar-refractivity contribution is 7.80. The number of ether oxygens (including phenoxy) is 1. The van der Waals surface area contributed by atoms with Gasteiger partial charge in [0.15, 0.2) is 5.11 Å². The van der Waals surface area contributed by atoms with Gasteiger partial charge in [0.25, 0.3) is 0 Å². The molecule has 0 saturated carbocycles. The average Bonchev–Trinajstić information content (AvgIpc) is 3.05. The standard InChI is InChI=1S/C14H24N4OS/c1-4-18-11(3)13(9-16-18)10(2)17-14(20)15-8-12-6-5-7-19-12/h9-10,12H,4-8H2,1-3H3,(H2,15,17,20). The van der Waals surface area contributed by atoms with Gasteiger partial charge in [-0.15, -0.1) is 0 Å². The first-order valence-corrected chi connectivity index (χ1v) is 7.71. The molecule has 20 heavy (non-hydrogen) atoms. The second-order valence-electron chi connectivity index (χ2n) is 5.21. The Morgan fingerprint density at radius 2 is 2.45 bits per heavy atom. The van der Waals surface area contributed by atoms with Gasteiger partial charge in [-0.25, -0.2) is 0 Å². The molecule has 5 nitrogen and oxygen atoms in total. The summed E-state index contributed by atoms with van der Waals surface area (Å²) in [6.45, 7) is 8.83. The van der Waals surface area contributed by atoms with Crippen LogP contribution < -0.4 is 10.6 Å². The topological polar surface area (TPSA) is 51.1 Å². The van der Waals surface area contributed by atoms with Crippen molar-refractivity contribution in [2.45, 2.75) is 52.3 Å². The van der Waals surface area contributed by atoms with Crippen LogP contribution in [0.1, 0.15) is 44.0 Å². The zero-order valence-electron chi connectivity index (χ0n) is 12.5. The van der Waals surface area contributed by atoms with E-state index in [2.05, 4.69) is 36.5 Å². The van der Waals surface area contributed by atoms with E-state index in [4.69, 9.17) is 17.0 Å². The second-order valence-corrected chi connectivity index (χ2v) is 5.62. The Balaban J connectivity index is 1.81. The predicted octanol–water partition coefficient (Wildman–Crippen LogP) is 1.92. The zero-order valence-corrected chi connectivity index (χ0v) is 13.3. The Morgan fingerprint density at radius 1 is 1.65 bits per heavy atom. The van der Waals surface area contributed by atoms with Crippen LogP contribution in [0.5, 0.6) is 0 Å². The van der Waals surface area contributed by atoms with Crippen molar-refractivity contribution in [3.63, 3.8) is 0 Å². The molecular formula is C14H24N4OS. The molecular weight excluding hydrogens is 272 g/mol. The first-order valence-electron chi connectivity index (χ1n) is 7.30. The van der Waals surface area contributed by atoms with Crippen LogP contribution in [0.25, 0.3) is 0 Å². The zero-order chi connectivity index (χ0) is 14.5. The van der Waals surface area contributed by atoms with Crippen molar-refractivity contribution in [2.75, 3.05) is 13.2 Å². The predicted molar refractivity (Wildman–Crippen MR) is 83.8 cm³/mol. The Hall–Kier alpha value is -1.14. The molecule has 2 atom stereocenters. The molecule has 2 unspecified atom stereocenters. The minimum Gasteiger partial charge on any atom is -0.376 e. The number of nitrogens with one attached hydrogen (secondary N) is 2. The highest BCUT2D eigenvalue weighted by Crippen LogP contribution is 2.16. The normalized spacial score (nSPS) is 19.9. The maximum atomic E-state index is 5.57. The minimum atomic E-state index is 0.153. The minimum absolute atomic E-state index is 0.153. The number of hydrogen-bond acceptors (Lipinski definition) is 3. The molecule has 0 bridgehead atoms. The lowest BCUT2D eigenvalue weighted by Gasteiger charge is -2.18. The molecule has 0 amide bonds. The molecule has 112 valence electrons. The SMILES string of the molecule is CCn1ncc(C(C)NC(=S)NCC2CCCO2)c1C. The van der Waals surface area contributed by atoms with Crippen LogP contribution >= 0.6 is 12.2 Å². The summed E-state index contributed by atoms with van der Waals surface area (Å²) >= 11 is 5.34. The summed E-state index contributed by atoms with van der Waals surface area (Å²) < 4.78 is 7.56. The summed E-state index contributed by atoms with van der Waals surface area (Å²) in [7, 11) is 0. The lowest BCUT2D eigenvalue weighted by atomic mass is 10.1. The molecule has 0 aliphatic carbocycles. The lowest BCUT2D eigenvalue weighted by Crippen LogP contribution is -2.40. The van der Waals surface area contributed by atoms with Crippen LogP contribution in [-0.4, -0.2) is 34.1 Å².